The number of methoxy groups -OCH3 is 1. The smallest absolute Gasteiger partial charge is 0.414 e. The molecule has 3 aliphatic heterocycles. The molecule has 0 spiro atoms. The molecule has 2 aromatic carbocycles. The van der Waals surface area contributed by atoms with Gasteiger partial charge >= 0.3 is 6.09 Å². The Morgan fingerprint density at radius 1 is 1.02 bits per heavy atom. The summed E-state index contributed by atoms with van der Waals surface area (Å²) >= 11 is 6.01. The lowest BCUT2D eigenvalue weighted by molar-refractivity contribution is 0.0705. The molecule has 2 saturated heterocycles. The van der Waals surface area contributed by atoms with Crippen molar-refractivity contribution >= 4 is 35.2 Å². The molecular formula is C30H32ClN5O5. The van der Waals surface area contributed by atoms with E-state index in [2.05, 4.69) is 14.9 Å². The first-order valence-electron chi connectivity index (χ1n) is 13.9. The summed E-state index contributed by atoms with van der Waals surface area (Å²) in [6.45, 7) is 2.88. The number of amides is 2. The van der Waals surface area contributed by atoms with E-state index >= 15 is 0 Å². The van der Waals surface area contributed by atoms with Crippen molar-refractivity contribution in [2.75, 3.05) is 43.1 Å². The number of carbonyl (C=O) groups is 2. The highest BCUT2D eigenvalue weighted by molar-refractivity contribution is 6.29. The van der Waals surface area contributed by atoms with Gasteiger partial charge < -0.3 is 24.0 Å². The zero-order valence-corrected chi connectivity index (χ0v) is 23.6. The van der Waals surface area contributed by atoms with E-state index in [0.29, 0.717) is 60.7 Å². The van der Waals surface area contributed by atoms with Crippen LogP contribution in [0.5, 0.6) is 11.5 Å². The molecule has 4 heterocycles. The highest BCUT2D eigenvalue weighted by Gasteiger charge is 2.35. The maximum absolute atomic E-state index is 13.5. The molecule has 11 heteroatoms. The molecule has 0 aliphatic carbocycles. The number of hydrogen-bond donors (Lipinski definition) is 0. The number of benzene rings is 2. The fourth-order valence-electron chi connectivity index (χ4n) is 5.79. The van der Waals surface area contributed by atoms with Crippen LogP contribution < -0.4 is 19.3 Å². The number of halogens is 1. The van der Waals surface area contributed by atoms with Crippen molar-refractivity contribution < 1.29 is 23.8 Å². The minimum absolute atomic E-state index is 0.0254. The predicted molar refractivity (Wildman–Crippen MR) is 154 cm³/mol. The average molecular weight is 578 g/mol. The molecule has 2 fully saturated rings. The van der Waals surface area contributed by atoms with E-state index in [1.54, 1.807) is 36.4 Å². The molecule has 10 nitrogen and oxygen atoms in total. The Hall–Kier alpha value is -4.05. The Morgan fingerprint density at radius 2 is 1.80 bits per heavy atom. The molecule has 0 radical (unpaired) electrons. The van der Waals surface area contributed by atoms with Crippen LogP contribution in [0.25, 0.3) is 0 Å². The van der Waals surface area contributed by atoms with Gasteiger partial charge in [-0.25, -0.2) is 14.8 Å². The monoisotopic (exact) mass is 577 g/mol. The van der Waals surface area contributed by atoms with Gasteiger partial charge in [0.25, 0.3) is 5.91 Å². The molecule has 0 unspecified atom stereocenters. The molecule has 6 rings (SSSR count). The molecule has 0 bridgehead atoms. The lowest BCUT2D eigenvalue weighted by Crippen LogP contribution is -2.50. The molecule has 1 aromatic heterocycles. The summed E-state index contributed by atoms with van der Waals surface area (Å²) in [5.41, 5.74) is 2.39. The minimum atomic E-state index is -0.325. The van der Waals surface area contributed by atoms with Gasteiger partial charge in [0.15, 0.2) is 0 Å². The van der Waals surface area contributed by atoms with Gasteiger partial charge in [0.1, 0.15) is 29.4 Å². The molecule has 214 valence electrons. The Kier molecular flexibility index (Phi) is 7.82. The number of piperidine rings is 2. The third-order valence-electron chi connectivity index (χ3n) is 7.96. The Labute approximate surface area is 243 Å². The summed E-state index contributed by atoms with van der Waals surface area (Å²) in [5.74, 6) is 1.68. The molecule has 0 saturated carbocycles. The van der Waals surface area contributed by atoms with Crippen molar-refractivity contribution in [2.45, 2.75) is 44.4 Å². The highest BCUT2D eigenvalue weighted by atomic mass is 35.5. The lowest BCUT2D eigenvalue weighted by Gasteiger charge is -2.40. The molecule has 0 N–H and O–H groups in total. The molecule has 0 atom stereocenters. The van der Waals surface area contributed by atoms with E-state index in [0.717, 1.165) is 37.2 Å². The number of anilines is 2. The number of hydrogen-bond acceptors (Lipinski definition) is 8. The predicted octanol–water partition coefficient (Wildman–Crippen LogP) is 4.95. The van der Waals surface area contributed by atoms with Gasteiger partial charge in [-0.05, 0) is 37.1 Å². The van der Waals surface area contributed by atoms with Crippen LogP contribution in [0, 0.1) is 0 Å². The maximum atomic E-state index is 13.5. The summed E-state index contributed by atoms with van der Waals surface area (Å²) < 4.78 is 17.3. The first kappa shape index (κ1) is 27.1. The second-order valence-corrected chi connectivity index (χ2v) is 10.8. The Balaban J connectivity index is 1.06. The van der Waals surface area contributed by atoms with Crippen LogP contribution in [0.15, 0.2) is 54.7 Å². The quantitative estimate of drug-likeness (QED) is 0.380. The summed E-state index contributed by atoms with van der Waals surface area (Å²) in [7, 11) is 1.56. The number of carbonyl (C=O) groups excluding carboxylic acids is 2. The standard InChI is InChI=1S/C30H32ClN5O5/c1-39-26-18-23(41-22-11-16-35(17-12-22)29-32-13-8-27(31)33-29)6-7-24(26)28(37)34-14-9-21(10-15-34)36-25-5-3-2-4-20(25)19-40-30(36)38/h2-8,13,18,21-22H,9-12,14-17,19H2,1H3. The van der Waals surface area contributed by atoms with Crippen LogP contribution in [0.1, 0.15) is 41.6 Å². The SMILES string of the molecule is COc1cc(OC2CCN(c3nccc(Cl)n3)CC2)ccc1C(=O)N1CCC(N2C(=O)OCc3ccccc32)CC1. The fourth-order valence-corrected chi connectivity index (χ4v) is 5.92. The molecule has 41 heavy (non-hydrogen) atoms. The van der Waals surface area contributed by atoms with Crippen LogP contribution >= 0.6 is 11.6 Å². The largest absolute Gasteiger partial charge is 0.496 e. The first-order valence-corrected chi connectivity index (χ1v) is 14.3. The van der Waals surface area contributed by atoms with Crippen molar-refractivity contribution in [2.24, 2.45) is 0 Å². The normalized spacial score (nSPS) is 18.1. The lowest BCUT2D eigenvalue weighted by atomic mass is 10.00. The average Bonchev–Trinajstić information content (AvgIpc) is 3.01. The van der Waals surface area contributed by atoms with E-state index in [9.17, 15) is 9.59 Å². The van der Waals surface area contributed by atoms with Gasteiger partial charge in [0, 0.05) is 62.9 Å². The van der Waals surface area contributed by atoms with Crippen molar-refractivity contribution in [1.82, 2.24) is 14.9 Å². The topological polar surface area (TPSA) is 97.3 Å². The summed E-state index contributed by atoms with van der Waals surface area (Å²) in [4.78, 5) is 40.4. The van der Waals surface area contributed by atoms with E-state index in [4.69, 9.17) is 25.8 Å². The first-order chi connectivity index (χ1) is 20.0. The third kappa shape index (κ3) is 5.74. The van der Waals surface area contributed by atoms with E-state index in [1.807, 2.05) is 35.2 Å². The van der Waals surface area contributed by atoms with Gasteiger partial charge in [-0.15, -0.1) is 0 Å². The Bertz CT molecular complexity index is 1420. The maximum Gasteiger partial charge on any atom is 0.414 e. The van der Waals surface area contributed by atoms with Crippen molar-refractivity contribution in [3.05, 3.63) is 71.0 Å². The number of rotatable bonds is 6. The molecule has 2 amide bonds. The summed E-state index contributed by atoms with van der Waals surface area (Å²) in [6, 6.07) is 14.8. The third-order valence-corrected chi connectivity index (χ3v) is 8.17. The van der Waals surface area contributed by atoms with Crippen LogP contribution in [-0.4, -0.2) is 72.3 Å². The fraction of sp³-hybridized carbons (Fsp3) is 0.400. The number of likely N-dealkylation sites (tertiary alicyclic amines) is 1. The van der Waals surface area contributed by atoms with Gasteiger partial charge in [0.05, 0.1) is 18.4 Å². The highest BCUT2D eigenvalue weighted by Crippen LogP contribution is 2.33. The van der Waals surface area contributed by atoms with Gasteiger partial charge in [-0.1, -0.05) is 29.8 Å². The summed E-state index contributed by atoms with van der Waals surface area (Å²) in [6.07, 6.45) is 4.31. The number of fused-ring (bicyclic) bond motifs is 1. The number of para-hydroxylation sites is 1. The van der Waals surface area contributed by atoms with Crippen molar-refractivity contribution in [3.8, 4) is 11.5 Å². The molecule has 3 aromatic rings. The van der Waals surface area contributed by atoms with E-state index < -0.39 is 0 Å². The molecular weight excluding hydrogens is 546 g/mol. The number of aromatic nitrogens is 2. The number of cyclic esters (lactones) is 1. The van der Waals surface area contributed by atoms with Crippen molar-refractivity contribution in [1.29, 1.82) is 0 Å². The number of ether oxygens (including phenoxy) is 3. The van der Waals surface area contributed by atoms with Crippen LogP contribution in [-0.2, 0) is 11.3 Å². The number of nitrogens with zero attached hydrogens (tertiary/aromatic N) is 5. The second-order valence-electron chi connectivity index (χ2n) is 10.4. The molecule has 3 aliphatic rings. The Morgan fingerprint density at radius 3 is 2.56 bits per heavy atom. The van der Waals surface area contributed by atoms with Gasteiger partial charge in [0.2, 0.25) is 5.95 Å². The van der Waals surface area contributed by atoms with E-state index in [1.165, 1.54) is 0 Å². The van der Waals surface area contributed by atoms with Crippen LogP contribution in [0.3, 0.4) is 0 Å². The second kappa shape index (κ2) is 11.8. The summed E-state index contributed by atoms with van der Waals surface area (Å²) in [5, 5.41) is 0.428. The van der Waals surface area contributed by atoms with E-state index in [-0.39, 0.29) is 24.1 Å². The zero-order chi connectivity index (χ0) is 28.3. The van der Waals surface area contributed by atoms with Gasteiger partial charge in [-0.2, -0.15) is 0 Å². The minimum Gasteiger partial charge on any atom is -0.496 e. The van der Waals surface area contributed by atoms with Crippen LogP contribution in [0.4, 0.5) is 16.4 Å². The van der Waals surface area contributed by atoms with Crippen LogP contribution in [0.2, 0.25) is 5.15 Å². The van der Waals surface area contributed by atoms with Gasteiger partial charge in [-0.3, -0.25) is 9.69 Å². The zero-order valence-electron chi connectivity index (χ0n) is 22.9. The van der Waals surface area contributed by atoms with Crippen molar-refractivity contribution in [3.63, 3.8) is 0 Å².